The van der Waals surface area contributed by atoms with Crippen molar-refractivity contribution in [2.24, 2.45) is 0 Å². The topological polar surface area (TPSA) is 38.9 Å². The number of nitrogen functional groups attached to an aromatic ring is 1. The molecule has 14 heavy (non-hydrogen) atoms. The standard InChI is InChI=1S/C11H12N2S/c1-2-10-11(14-7-13-10)8-4-3-5-9(12)6-8/h3-7H,2,12H2,1H3. The van der Waals surface area contributed by atoms with Crippen LogP contribution in [-0.4, -0.2) is 4.98 Å². The number of aromatic nitrogens is 1. The molecule has 0 aliphatic carbocycles. The number of aryl methyl sites for hydroxylation is 1. The first-order valence-electron chi connectivity index (χ1n) is 4.59. The van der Waals surface area contributed by atoms with Gasteiger partial charge in [-0.3, -0.25) is 0 Å². The highest BCUT2D eigenvalue weighted by atomic mass is 32.1. The molecule has 0 radical (unpaired) electrons. The Morgan fingerprint density at radius 1 is 1.43 bits per heavy atom. The molecule has 0 saturated carbocycles. The number of rotatable bonds is 2. The number of anilines is 1. The second kappa shape index (κ2) is 3.80. The van der Waals surface area contributed by atoms with Gasteiger partial charge < -0.3 is 5.73 Å². The highest BCUT2D eigenvalue weighted by Crippen LogP contribution is 2.28. The number of nitrogens with zero attached hydrogens (tertiary/aromatic N) is 1. The molecule has 0 fully saturated rings. The van der Waals surface area contributed by atoms with E-state index in [1.54, 1.807) is 11.3 Å². The van der Waals surface area contributed by atoms with E-state index in [1.807, 2.05) is 23.7 Å². The zero-order valence-electron chi connectivity index (χ0n) is 8.03. The molecular weight excluding hydrogens is 192 g/mol. The van der Waals surface area contributed by atoms with Crippen molar-refractivity contribution in [3.8, 4) is 10.4 Å². The summed E-state index contributed by atoms with van der Waals surface area (Å²) in [7, 11) is 0. The molecule has 3 heteroatoms. The smallest absolute Gasteiger partial charge is 0.0801 e. The fraction of sp³-hybridized carbons (Fsp3) is 0.182. The molecule has 0 amide bonds. The summed E-state index contributed by atoms with van der Waals surface area (Å²) in [5.74, 6) is 0. The number of benzene rings is 1. The molecule has 0 spiro atoms. The summed E-state index contributed by atoms with van der Waals surface area (Å²) in [6.07, 6.45) is 0.966. The van der Waals surface area contributed by atoms with Crippen LogP contribution in [0.25, 0.3) is 10.4 Å². The lowest BCUT2D eigenvalue weighted by Gasteiger charge is -2.01. The molecule has 1 aromatic carbocycles. The summed E-state index contributed by atoms with van der Waals surface area (Å²) >= 11 is 1.67. The van der Waals surface area contributed by atoms with E-state index in [-0.39, 0.29) is 0 Å². The summed E-state index contributed by atoms with van der Waals surface area (Å²) in [4.78, 5) is 5.55. The third-order valence-electron chi connectivity index (χ3n) is 2.12. The van der Waals surface area contributed by atoms with Gasteiger partial charge in [-0.15, -0.1) is 11.3 Å². The lowest BCUT2D eigenvalue weighted by Crippen LogP contribution is -1.86. The summed E-state index contributed by atoms with van der Waals surface area (Å²) in [6, 6.07) is 7.94. The van der Waals surface area contributed by atoms with Crippen LogP contribution in [0.5, 0.6) is 0 Å². The zero-order valence-corrected chi connectivity index (χ0v) is 8.84. The highest BCUT2D eigenvalue weighted by Gasteiger charge is 2.06. The normalized spacial score (nSPS) is 10.4. The van der Waals surface area contributed by atoms with Crippen LogP contribution >= 0.6 is 11.3 Å². The van der Waals surface area contributed by atoms with E-state index in [9.17, 15) is 0 Å². The fourth-order valence-electron chi connectivity index (χ4n) is 1.44. The summed E-state index contributed by atoms with van der Waals surface area (Å²) < 4.78 is 0. The van der Waals surface area contributed by atoms with E-state index >= 15 is 0 Å². The maximum atomic E-state index is 5.74. The van der Waals surface area contributed by atoms with Gasteiger partial charge >= 0.3 is 0 Å². The average molecular weight is 204 g/mol. The quantitative estimate of drug-likeness (QED) is 0.764. The van der Waals surface area contributed by atoms with Gasteiger partial charge in [-0.2, -0.15) is 0 Å². The molecule has 0 bridgehead atoms. The molecule has 0 aliphatic heterocycles. The summed E-state index contributed by atoms with van der Waals surface area (Å²) in [5.41, 5.74) is 10.8. The second-order valence-corrected chi connectivity index (χ2v) is 3.96. The molecule has 1 aromatic heterocycles. The molecule has 0 atom stereocenters. The van der Waals surface area contributed by atoms with Crippen molar-refractivity contribution < 1.29 is 0 Å². The minimum absolute atomic E-state index is 0.804. The largest absolute Gasteiger partial charge is 0.399 e. The lowest BCUT2D eigenvalue weighted by molar-refractivity contribution is 1.07. The summed E-state index contributed by atoms with van der Waals surface area (Å²) in [6.45, 7) is 2.12. The molecular formula is C11H12N2S. The minimum Gasteiger partial charge on any atom is -0.399 e. The monoisotopic (exact) mass is 204 g/mol. The van der Waals surface area contributed by atoms with Crippen molar-refractivity contribution >= 4 is 17.0 Å². The first-order chi connectivity index (χ1) is 6.81. The van der Waals surface area contributed by atoms with Gasteiger partial charge in [0.05, 0.1) is 16.1 Å². The van der Waals surface area contributed by atoms with E-state index in [2.05, 4.69) is 18.0 Å². The summed E-state index contributed by atoms with van der Waals surface area (Å²) in [5, 5.41) is 0. The van der Waals surface area contributed by atoms with Crippen molar-refractivity contribution in [3.05, 3.63) is 35.5 Å². The highest BCUT2D eigenvalue weighted by molar-refractivity contribution is 7.13. The molecule has 72 valence electrons. The SMILES string of the molecule is CCc1ncsc1-c1cccc(N)c1. The molecule has 2 nitrogen and oxygen atoms in total. The molecule has 0 aliphatic rings. The first kappa shape index (κ1) is 9.21. The van der Waals surface area contributed by atoms with E-state index in [0.29, 0.717) is 0 Å². The lowest BCUT2D eigenvalue weighted by atomic mass is 10.1. The van der Waals surface area contributed by atoms with Crippen LogP contribution in [0.15, 0.2) is 29.8 Å². The van der Waals surface area contributed by atoms with Crippen molar-refractivity contribution in [3.63, 3.8) is 0 Å². The van der Waals surface area contributed by atoms with Crippen LogP contribution in [0.1, 0.15) is 12.6 Å². The van der Waals surface area contributed by atoms with Crippen LogP contribution in [0.4, 0.5) is 5.69 Å². The maximum absolute atomic E-state index is 5.74. The molecule has 2 aromatic rings. The molecule has 1 heterocycles. The third-order valence-corrected chi connectivity index (χ3v) is 3.04. The first-order valence-corrected chi connectivity index (χ1v) is 5.47. The Bertz CT molecular complexity index is 434. The van der Waals surface area contributed by atoms with Gasteiger partial charge in [0.15, 0.2) is 0 Å². The second-order valence-electron chi connectivity index (χ2n) is 3.11. The number of thiazole rings is 1. The van der Waals surface area contributed by atoms with Gasteiger partial charge in [0.2, 0.25) is 0 Å². The van der Waals surface area contributed by atoms with Crippen LogP contribution in [0, 0.1) is 0 Å². The van der Waals surface area contributed by atoms with Crippen LogP contribution in [-0.2, 0) is 6.42 Å². The van der Waals surface area contributed by atoms with Crippen LogP contribution in [0.3, 0.4) is 0 Å². The van der Waals surface area contributed by atoms with Crippen molar-refractivity contribution in [2.45, 2.75) is 13.3 Å². The Kier molecular flexibility index (Phi) is 2.50. The molecule has 2 rings (SSSR count). The Labute approximate surface area is 87.4 Å². The van der Waals surface area contributed by atoms with Crippen molar-refractivity contribution in [2.75, 3.05) is 5.73 Å². The van der Waals surface area contributed by atoms with Gasteiger partial charge in [0, 0.05) is 5.69 Å². The van der Waals surface area contributed by atoms with Crippen molar-refractivity contribution in [1.29, 1.82) is 0 Å². The minimum atomic E-state index is 0.804. The molecule has 0 saturated heterocycles. The predicted octanol–water partition coefficient (Wildman–Crippen LogP) is 2.95. The average Bonchev–Trinajstić information content (AvgIpc) is 2.65. The Hall–Kier alpha value is -1.35. The number of nitrogens with two attached hydrogens (primary N) is 1. The Morgan fingerprint density at radius 2 is 2.29 bits per heavy atom. The van der Waals surface area contributed by atoms with Gasteiger partial charge in [0.25, 0.3) is 0 Å². The van der Waals surface area contributed by atoms with E-state index in [1.165, 1.54) is 10.4 Å². The van der Waals surface area contributed by atoms with Gasteiger partial charge in [-0.25, -0.2) is 4.98 Å². The van der Waals surface area contributed by atoms with Crippen molar-refractivity contribution in [1.82, 2.24) is 4.98 Å². The Morgan fingerprint density at radius 3 is 3.00 bits per heavy atom. The van der Waals surface area contributed by atoms with E-state index in [4.69, 9.17) is 5.73 Å². The van der Waals surface area contributed by atoms with Crippen LogP contribution in [0.2, 0.25) is 0 Å². The third kappa shape index (κ3) is 1.63. The van der Waals surface area contributed by atoms with E-state index < -0.39 is 0 Å². The van der Waals surface area contributed by atoms with Gasteiger partial charge in [-0.05, 0) is 24.1 Å². The maximum Gasteiger partial charge on any atom is 0.0801 e. The van der Waals surface area contributed by atoms with E-state index in [0.717, 1.165) is 17.8 Å². The predicted molar refractivity (Wildman–Crippen MR) is 61.3 cm³/mol. The zero-order chi connectivity index (χ0) is 9.97. The Balaban J connectivity index is 2.49. The molecule has 0 unspecified atom stereocenters. The van der Waals surface area contributed by atoms with Gasteiger partial charge in [-0.1, -0.05) is 19.1 Å². The fourth-order valence-corrected chi connectivity index (χ4v) is 2.32. The number of hydrogen-bond acceptors (Lipinski definition) is 3. The van der Waals surface area contributed by atoms with Gasteiger partial charge in [0.1, 0.15) is 0 Å². The number of hydrogen-bond donors (Lipinski definition) is 1. The van der Waals surface area contributed by atoms with Crippen LogP contribution < -0.4 is 5.73 Å². The molecule has 2 N–H and O–H groups in total.